The number of carbonyl (C=O) groups is 1. The van der Waals surface area contributed by atoms with E-state index in [4.69, 9.17) is 0 Å². The molecule has 1 amide bonds. The topological polar surface area (TPSA) is 92.5 Å². The number of halogens is 4. The van der Waals surface area contributed by atoms with Gasteiger partial charge in [0.15, 0.2) is 11.2 Å². The molecule has 2 aliphatic heterocycles. The first-order valence-corrected chi connectivity index (χ1v) is 12.6. The summed E-state index contributed by atoms with van der Waals surface area (Å²) in [5.74, 6) is -1.32. The summed E-state index contributed by atoms with van der Waals surface area (Å²) in [4.78, 5) is 42.8. The second-order valence-electron chi connectivity index (χ2n) is 10.4. The van der Waals surface area contributed by atoms with E-state index in [2.05, 4.69) is 25.2 Å². The second-order valence-corrected chi connectivity index (χ2v) is 10.4. The number of hydrogen-bond acceptors (Lipinski definition) is 6. The zero-order chi connectivity index (χ0) is 26.3. The highest BCUT2D eigenvalue weighted by Crippen LogP contribution is 2.44. The summed E-state index contributed by atoms with van der Waals surface area (Å²) >= 11 is 0. The molecule has 1 aromatic carbocycles. The minimum Gasteiger partial charge on any atom is -0.356 e. The predicted octanol–water partition coefficient (Wildman–Crippen LogP) is 3.67. The molecular formula is C26H22F4N6O2. The van der Waals surface area contributed by atoms with Crippen LogP contribution in [0.4, 0.5) is 28.9 Å². The van der Waals surface area contributed by atoms with Crippen molar-refractivity contribution in [2.24, 2.45) is 10.9 Å². The van der Waals surface area contributed by atoms with E-state index in [0.29, 0.717) is 43.0 Å². The predicted molar refractivity (Wildman–Crippen MR) is 131 cm³/mol. The number of nitrogens with one attached hydrogen (secondary N) is 1. The van der Waals surface area contributed by atoms with E-state index < -0.39 is 23.5 Å². The van der Waals surface area contributed by atoms with Crippen LogP contribution in [0.3, 0.4) is 0 Å². The molecule has 2 aromatic heterocycles. The van der Waals surface area contributed by atoms with Crippen LogP contribution >= 0.6 is 0 Å². The molecule has 0 bridgehead atoms. The number of nitrogens with zero attached hydrogens (tertiary/aromatic N) is 5. The van der Waals surface area contributed by atoms with E-state index in [1.165, 1.54) is 0 Å². The van der Waals surface area contributed by atoms with Gasteiger partial charge in [-0.25, -0.2) is 14.4 Å². The summed E-state index contributed by atoms with van der Waals surface area (Å²) in [6.07, 6.45) is 0.271. The van der Waals surface area contributed by atoms with Gasteiger partial charge in [-0.05, 0) is 49.8 Å². The zero-order valence-electron chi connectivity index (χ0n) is 20.1. The average Bonchev–Trinajstić information content (AvgIpc) is 3.71. The van der Waals surface area contributed by atoms with Crippen molar-refractivity contribution in [1.29, 1.82) is 0 Å². The Kier molecular flexibility index (Phi) is 4.96. The smallest absolute Gasteiger partial charge is 0.356 e. The van der Waals surface area contributed by atoms with E-state index in [0.717, 1.165) is 36.7 Å². The fourth-order valence-corrected chi connectivity index (χ4v) is 5.95. The van der Waals surface area contributed by atoms with Gasteiger partial charge in [-0.1, -0.05) is 0 Å². The first kappa shape index (κ1) is 23.3. The molecule has 2 saturated carbocycles. The number of hydrogen-bond donors (Lipinski definition) is 1. The number of anilines is 2. The third-order valence-corrected chi connectivity index (χ3v) is 7.92. The first-order chi connectivity index (χ1) is 18.2. The molecule has 1 N–H and O–H groups in total. The van der Waals surface area contributed by atoms with Gasteiger partial charge in [0.2, 0.25) is 11.3 Å². The molecule has 3 aromatic rings. The van der Waals surface area contributed by atoms with Gasteiger partial charge in [0.05, 0.1) is 35.7 Å². The van der Waals surface area contributed by atoms with Crippen molar-refractivity contribution in [3.8, 4) is 0 Å². The van der Waals surface area contributed by atoms with Crippen LogP contribution in [0, 0.1) is 11.7 Å². The van der Waals surface area contributed by atoms with Crippen LogP contribution in [0.1, 0.15) is 42.1 Å². The highest BCUT2D eigenvalue weighted by Gasteiger charge is 2.49. The van der Waals surface area contributed by atoms with Crippen LogP contribution in [0.25, 0.3) is 11.2 Å². The van der Waals surface area contributed by atoms with Crippen molar-refractivity contribution in [1.82, 2.24) is 14.5 Å². The molecule has 0 radical (unpaired) electrons. The Bertz CT molecular complexity index is 1610. The molecule has 1 unspecified atom stereocenters. The molecule has 4 aliphatic rings. The van der Waals surface area contributed by atoms with Crippen LogP contribution in [0.5, 0.6) is 0 Å². The van der Waals surface area contributed by atoms with Crippen molar-refractivity contribution < 1.29 is 22.4 Å². The number of aromatic nitrogens is 3. The van der Waals surface area contributed by atoms with E-state index in [9.17, 15) is 27.2 Å². The lowest BCUT2D eigenvalue weighted by atomic mass is 9.70. The molecule has 38 heavy (non-hydrogen) atoms. The van der Waals surface area contributed by atoms with Gasteiger partial charge in [-0.15, -0.1) is 0 Å². The molecule has 196 valence electrons. The number of pyridine rings is 1. The fourth-order valence-electron chi connectivity index (χ4n) is 5.95. The summed E-state index contributed by atoms with van der Waals surface area (Å²) < 4.78 is 54.8. The highest BCUT2D eigenvalue weighted by molar-refractivity contribution is 6.01. The quantitative estimate of drug-likeness (QED) is 0.524. The summed E-state index contributed by atoms with van der Waals surface area (Å²) in [6.45, 7) is 0.858. The van der Waals surface area contributed by atoms with Gasteiger partial charge in [0, 0.05) is 23.9 Å². The molecule has 12 heteroatoms. The minimum atomic E-state index is -4.70. The molecule has 2 aliphatic carbocycles. The Morgan fingerprint density at radius 2 is 2.00 bits per heavy atom. The van der Waals surface area contributed by atoms with Crippen molar-refractivity contribution in [3.63, 3.8) is 0 Å². The molecule has 2 atom stereocenters. The van der Waals surface area contributed by atoms with Gasteiger partial charge in [-0.3, -0.25) is 14.6 Å². The normalized spacial score (nSPS) is 21.9. The van der Waals surface area contributed by atoms with Crippen molar-refractivity contribution in [3.05, 3.63) is 57.4 Å². The van der Waals surface area contributed by atoms with E-state index in [1.807, 2.05) is 0 Å². The lowest BCUT2D eigenvalue weighted by Crippen LogP contribution is -2.62. The number of carbonyl (C=O) groups excluding carboxylic acids is 1. The number of alkyl halides is 3. The first-order valence-electron chi connectivity index (χ1n) is 12.6. The highest BCUT2D eigenvalue weighted by atomic mass is 19.4. The summed E-state index contributed by atoms with van der Waals surface area (Å²) in [6, 6.07) is 2.03. The molecule has 2 fully saturated rings. The van der Waals surface area contributed by atoms with Crippen molar-refractivity contribution in [2.45, 2.75) is 50.4 Å². The fraction of sp³-hybridized carbons (Fsp3) is 0.423. The molecule has 0 saturated heterocycles. The largest absolute Gasteiger partial charge is 0.416 e. The molecular weight excluding hydrogens is 504 g/mol. The Morgan fingerprint density at radius 1 is 1.18 bits per heavy atom. The molecule has 8 nitrogen and oxygen atoms in total. The Labute approximate surface area is 213 Å². The summed E-state index contributed by atoms with van der Waals surface area (Å²) in [5.41, 5.74) is 1.73. The van der Waals surface area contributed by atoms with Crippen LogP contribution in [0.2, 0.25) is 0 Å². The Morgan fingerprint density at radius 3 is 2.74 bits per heavy atom. The van der Waals surface area contributed by atoms with Crippen LogP contribution in [-0.2, 0) is 23.9 Å². The maximum absolute atomic E-state index is 14.4. The maximum atomic E-state index is 14.4. The van der Waals surface area contributed by atoms with Gasteiger partial charge in [0.25, 0.3) is 0 Å². The number of rotatable bonds is 4. The second kappa shape index (κ2) is 8.08. The van der Waals surface area contributed by atoms with Crippen LogP contribution in [0.15, 0.2) is 34.2 Å². The molecule has 0 spiro atoms. The average molecular weight is 526 g/mol. The maximum Gasteiger partial charge on any atom is 0.416 e. The molecule has 4 heterocycles. The summed E-state index contributed by atoms with van der Waals surface area (Å²) in [5, 5.41) is 2.38. The SMILES string of the molecule is O=C(Cn1c2c(c(=O)c3nc(C4CC4)cnc31)N1CCN=C3CC(C2)[C@@H]31)Nc1ccc(C(F)(F)F)cc1F. The number of amides is 1. The Balaban J connectivity index is 1.30. The summed E-state index contributed by atoms with van der Waals surface area (Å²) in [7, 11) is 0. The van der Waals surface area contributed by atoms with Crippen molar-refractivity contribution in [2.75, 3.05) is 23.3 Å². The number of aliphatic imine (C=N–C) groups is 1. The van der Waals surface area contributed by atoms with Gasteiger partial charge >= 0.3 is 6.18 Å². The van der Waals surface area contributed by atoms with Gasteiger partial charge in [-0.2, -0.15) is 13.2 Å². The Hall–Kier alpha value is -3.83. The number of benzene rings is 1. The van der Waals surface area contributed by atoms with Crippen LogP contribution in [-0.4, -0.2) is 45.3 Å². The van der Waals surface area contributed by atoms with Gasteiger partial charge < -0.3 is 14.8 Å². The van der Waals surface area contributed by atoms with Crippen LogP contribution < -0.4 is 15.6 Å². The minimum absolute atomic E-state index is 0.0736. The zero-order valence-corrected chi connectivity index (χ0v) is 20.1. The van der Waals surface area contributed by atoms with E-state index in [1.54, 1.807) is 10.8 Å². The van der Waals surface area contributed by atoms with E-state index >= 15 is 0 Å². The monoisotopic (exact) mass is 526 g/mol. The lowest BCUT2D eigenvalue weighted by Gasteiger charge is -2.52. The van der Waals surface area contributed by atoms with Crippen molar-refractivity contribution >= 4 is 34.2 Å². The lowest BCUT2D eigenvalue weighted by molar-refractivity contribution is -0.137. The third-order valence-electron chi connectivity index (χ3n) is 7.92. The third kappa shape index (κ3) is 3.60. The van der Waals surface area contributed by atoms with E-state index in [-0.39, 0.29) is 46.7 Å². The van der Waals surface area contributed by atoms with Gasteiger partial charge in [0.1, 0.15) is 18.0 Å². The standard InChI is InChI=1S/C26H22F4N6O2/c27-15-9-14(26(28,29)30)3-4-16(15)33-20(37)11-36-19-8-13-7-17-22(13)35(6-5-31-17)23(19)24(38)21-25(36)32-10-18(34-21)12-1-2-12/h3-4,9-10,12-13,22H,1-2,5-8,11H2,(H,33,37)/t13?,22-/m0/s1. The number of fused-ring (bicyclic) bond motifs is 3. The molecule has 7 rings (SSSR count).